The van der Waals surface area contributed by atoms with Gasteiger partial charge in [-0.05, 0) is 75.7 Å². The van der Waals surface area contributed by atoms with Crippen molar-refractivity contribution in [2.75, 3.05) is 35.3 Å². The van der Waals surface area contributed by atoms with Crippen LogP contribution in [0.5, 0.6) is 11.6 Å². The number of nitrogens with zero attached hydrogens (tertiary/aromatic N) is 4. The molecule has 0 saturated carbocycles. The average molecular weight is 648 g/mol. The standard InChI is InChI=1S/C32H37N7O6S/c1-6-27(40)34-23-8-7-9-25(18-23)45-29-26-15-16-38(20-44-30(41)32(2,3)4)28(26)36-31(37-29)35-22-12-10-21(11-13-22)33-24-14-17-39(19-24)46(5,42)43/h6-13,15-16,18,24,33H,1,14,17,19-20H2,2-5H3,(H,34,40)(H,35,36,37). The van der Waals surface area contributed by atoms with Gasteiger partial charge >= 0.3 is 5.97 Å². The lowest BCUT2D eigenvalue weighted by Crippen LogP contribution is -2.30. The Kier molecular flexibility index (Phi) is 9.30. The van der Waals surface area contributed by atoms with Crippen molar-refractivity contribution in [1.82, 2.24) is 18.8 Å². The minimum absolute atomic E-state index is 0.0164. The molecule has 46 heavy (non-hydrogen) atoms. The molecular weight excluding hydrogens is 610 g/mol. The Hall–Kier alpha value is -4.95. The Balaban J connectivity index is 1.39. The molecule has 14 heteroatoms. The molecule has 3 heterocycles. The Labute approximate surface area is 267 Å². The van der Waals surface area contributed by atoms with Crippen LogP contribution in [0.4, 0.5) is 23.0 Å². The predicted octanol–water partition coefficient (Wildman–Crippen LogP) is 5.08. The number of esters is 1. The van der Waals surface area contributed by atoms with Crippen LogP contribution in [0.3, 0.4) is 0 Å². The summed E-state index contributed by atoms with van der Waals surface area (Å²) in [5.74, 6) is 0.204. The first-order valence-corrected chi connectivity index (χ1v) is 16.5. The third kappa shape index (κ3) is 8.00. The molecule has 5 rings (SSSR count). The van der Waals surface area contributed by atoms with Crippen molar-refractivity contribution >= 4 is 55.9 Å². The molecule has 1 saturated heterocycles. The first-order valence-electron chi connectivity index (χ1n) is 14.6. The Morgan fingerprint density at radius 3 is 2.48 bits per heavy atom. The Bertz CT molecular complexity index is 1870. The first-order chi connectivity index (χ1) is 21.8. The van der Waals surface area contributed by atoms with E-state index in [2.05, 4.69) is 27.5 Å². The minimum atomic E-state index is -3.22. The van der Waals surface area contributed by atoms with Crippen molar-refractivity contribution in [2.45, 2.75) is 40.0 Å². The number of carbonyl (C=O) groups is 2. The van der Waals surface area contributed by atoms with Gasteiger partial charge in [0.15, 0.2) is 12.4 Å². The summed E-state index contributed by atoms with van der Waals surface area (Å²) in [6.07, 6.45) is 4.86. The van der Waals surface area contributed by atoms with Crippen LogP contribution in [0.1, 0.15) is 27.2 Å². The molecular formula is C32H37N7O6S. The van der Waals surface area contributed by atoms with E-state index in [0.29, 0.717) is 41.2 Å². The van der Waals surface area contributed by atoms with E-state index in [0.717, 1.165) is 12.1 Å². The maximum Gasteiger partial charge on any atom is 0.312 e. The van der Waals surface area contributed by atoms with Crippen LogP contribution < -0.4 is 20.7 Å². The number of carbonyl (C=O) groups excluding carboxylic acids is 2. The minimum Gasteiger partial charge on any atom is -0.443 e. The topological polar surface area (TPSA) is 157 Å². The van der Waals surface area contributed by atoms with Gasteiger partial charge in [0.25, 0.3) is 0 Å². The van der Waals surface area contributed by atoms with E-state index in [1.54, 1.807) is 61.9 Å². The summed E-state index contributed by atoms with van der Waals surface area (Å²) < 4.78 is 38.6. The van der Waals surface area contributed by atoms with Gasteiger partial charge in [-0.25, -0.2) is 12.7 Å². The van der Waals surface area contributed by atoms with Crippen LogP contribution in [0.25, 0.3) is 11.0 Å². The number of anilines is 4. The maximum atomic E-state index is 12.5. The third-order valence-electron chi connectivity index (χ3n) is 7.16. The summed E-state index contributed by atoms with van der Waals surface area (Å²) in [5, 5.41) is 9.90. The maximum absolute atomic E-state index is 12.5. The van der Waals surface area contributed by atoms with E-state index >= 15 is 0 Å². The number of rotatable bonds is 11. The number of hydrogen-bond donors (Lipinski definition) is 3. The lowest BCUT2D eigenvalue weighted by molar-refractivity contribution is -0.156. The molecule has 0 spiro atoms. The second-order valence-corrected chi connectivity index (χ2v) is 13.9. The van der Waals surface area contributed by atoms with Crippen molar-refractivity contribution in [3.8, 4) is 11.6 Å². The van der Waals surface area contributed by atoms with Crippen LogP contribution in [0, 0.1) is 5.41 Å². The fraction of sp³-hybridized carbons (Fsp3) is 0.312. The number of hydrogen-bond acceptors (Lipinski definition) is 10. The molecule has 4 aromatic rings. The fourth-order valence-electron chi connectivity index (χ4n) is 4.72. The fourth-order valence-corrected chi connectivity index (χ4v) is 5.61. The molecule has 2 aromatic carbocycles. The van der Waals surface area contributed by atoms with Crippen LogP contribution in [0.2, 0.25) is 0 Å². The highest BCUT2D eigenvalue weighted by molar-refractivity contribution is 7.88. The highest BCUT2D eigenvalue weighted by Crippen LogP contribution is 2.32. The summed E-state index contributed by atoms with van der Waals surface area (Å²) in [4.78, 5) is 33.6. The van der Waals surface area contributed by atoms with Gasteiger partial charge in [0.2, 0.25) is 27.8 Å². The van der Waals surface area contributed by atoms with Gasteiger partial charge < -0.3 is 25.4 Å². The van der Waals surface area contributed by atoms with Crippen molar-refractivity contribution < 1.29 is 27.5 Å². The third-order valence-corrected chi connectivity index (χ3v) is 8.43. The highest BCUT2D eigenvalue weighted by atomic mass is 32.2. The Morgan fingerprint density at radius 2 is 1.80 bits per heavy atom. The number of nitrogens with one attached hydrogen (secondary N) is 3. The molecule has 1 aliphatic rings. The summed E-state index contributed by atoms with van der Waals surface area (Å²) in [7, 11) is -3.22. The smallest absolute Gasteiger partial charge is 0.312 e. The van der Waals surface area contributed by atoms with E-state index in [9.17, 15) is 18.0 Å². The number of fused-ring (bicyclic) bond motifs is 1. The van der Waals surface area contributed by atoms with Gasteiger partial charge in [-0.1, -0.05) is 12.6 Å². The summed E-state index contributed by atoms with van der Waals surface area (Å²) in [5.41, 5.74) is 1.88. The number of amides is 1. The van der Waals surface area contributed by atoms with Crippen LogP contribution in [0.15, 0.2) is 73.4 Å². The van der Waals surface area contributed by atoms with E-state index in [4.69, 9.17) is 14.5 Å². The molecule has 1 amide bonds. The lowest BCUT2D eigenvalue weighted by atomic mass is 9.98. The van der Waals surface area contributed by atoms with Gasteiger partial charge in [-0.3, -0.25) is 14.2 Å². The van der Waals surface area contributed by atoms with Crippen molar-refractivity contribution in [3.63, 3.8) is 0 Å². The zero-order valence-corrected chi connectivity index (χ0v) is 26.9. The van der Waals surface area contributed by atoms with Crippen LogP contribution in [-0.2, 0) is 31.1 Å². The number of aromatic nitrogens is 3. The zero-order chi connectivity index (χ0) is 33.1. The second kappa shape index (κ2) is 13.2. The van der Waals surface area contributed by atoms with E-state index in [-0.39, 0.29) is 36.5 Å². The lowest BCUT2D eigenvalue weighted by Gasteiger charge is -2.17. The van der Waals surface area contributed by atoms with Gasteiger partial charge in [-0.15, -0.1) is 0 Å². The van der Waals surface area contributed by atoms with E-state index in [1.807, 2.05) is 24.3 Å². The number of benzene rings is 2. The van der Waals surface area contributed by atoms with Crippen molar-refractivity contribution in [3.05, 3.63) is 73.4 Å². The first kappa shape index (κ1) is 32.4. The van der Waals surface area contributed by atoms with Crippen LogP contribution >= 0.6 is 0 Å². The van der Waals surface area contributed by atoms with E-state index in [1.165, 1.54) is 16.6 Å². The average Bonchev–Trinajstić information content (AvgIpc) is 3.64. The normalized spacial score (nSPS) is 15.3. The molecule has 1 aliphatic heterocycles. The largest absolute Gasteiger partial charge is 0.443 e. The Morgan fingerprint density at radius 1 is 1.07 bits per heavy atom. The summed E-state index contributed by atoms with van der Waals surface area (Å²) in [6, 6.07) is 16.1. The van der Waals surface area contributed by atoms with Gasteiger partial charge in [0.05, 0.1) is 17.1 Å². The number of sulfonamides is 1. The predicted molar refractivity (Wildman–Crippen MR) is 177 cm³/mol. The SMILES string of the molecule is C=CC(=O)Nc1cccc(Oc2nc(Nc3ccc(NC4CCN(S(C)(=O)=O)C4)cc3)nc3c2ccn3COC(=O)C(C)(C)C)c1. The number of ether oxygens (including phenoxy) is 2. The molecule has 2 aromatic heterocycles. The van der Waals surface area contributed by atoms with Gasteiger partial charge in [-0.2, -0.15) is 9.97 Å². The van der Waals surface area contributed by atoms with Gasteiger partial charge in [0, 0.05) is 48.5 Å². The molecule has 242 valence electrons. The molecule has 1 fully saturated rings. The monoisotopic (exact) mass is 647 g/mol. The molecule has 1 atom stereocenters. The second-order valence-electron chi connectivity index (χ2n) is 12.0. The van der Waals surface area contributed by atoms with E-state index < -0.39 is 15.4 Å². The molecule has 13 nitrogen and oxygen atoms in total. The van der Waals surface area contributed by atoms with Crippen molar-refractivity contribution in [2.24, 2.45) is 5.41 Å². The highest BCUT2D eigenvalue weighted by Gasteiger charge is 2.28. The quantitative estimate of drug-likeness (QED) is 0.148. The van der Waals surface area contributed by atoms with Gasteiger partial charge in [0.1, 0.15) is 5.75 Å². The molecule has 1 unspecified atom stereocenters. The zero-order valence-electron chi connectivity index (χ0n) is 26.1. The van der Waals surface area contributed by atoms with Crippen LogP contribution in [-0.4, -0.2) is 64.5 Å². The molecule has 0 radical (unpaired) electrons. The molecule has 3 N–H and O–H groups in total. The summed E-state index contributed by atoms with van der Waals surface area (Å²) in [6.45, 7) is 9.68. The molecule has 0 bridgehead atoms. The summed E-state index contributed by atoms with van der Waals surface area (Å²) >= 11 is 0. The van der Waals surface area contributed by atoms with Crippen molar-refractivity contribution in [1.29, 1.82) is 0 Å². The molecule has 0 aliphatic carbocycles.